The molecular weight excluding hydrogens is 236 g/mol. The molecular formula is C16H20N2O. The van der Waals surface area contributed by atoms with Gasteiger partial charge in [0.25, 0.3) is 0 Å². The lowest BCUT2D eigenvalue weighted by Crippen LogP contribution is -2.21. The van der Waals surface area contributed by atoms with E-state index >= 15 is 0 Å². The van der Waals surface area contributed by atoms with Crippen LogP contribution in [0, 0.1) is 0 Å². The first kappa shape index (κ1) is 13.3. The molecule has 2 rings (SSSR count). The smallest absolute Gasteiger partial charge is 0.143 e. The van der Waals surface area contributed by atoms with Gasteiger partial charge in [-0.3, -0.25) is 0 Å². The van der Waals surface area contributed by atoms with Crippen LogP contribution in [0.1, 0.15) is 5.56 Å². The van der Waals surface area contributed by atoms with Crippen molar-refractivity contribution in [2.24, 2.45) is 0 Å². The van der Waals surface area contributed by atoms with Crippen LogP contribution in [0.5, 0.6) is 5.75 Å². The average molecular weight is 256 g/mol. The molecule has 0 bridgehead atoms. The van der Waals surface area contributed by atoms with E-state index in [1.54, 1.807) is 7.11 Å². The summed E-state index contributed by atoms with van der Waals surface area (Å²) in [7, 11) is 3.69. The first-order chi connectivity index (χ1) is 9.22. The minimum atomic E-state index is 0.695. The summed E-state index contributed by atoms with van der Waals surface area (Å²) in [4.78, 5) is 2.16. The van der Waals surface area contributed by atoms with Crippen molar-refractivity contribution in [3.63, 3.8) is 0 Å². The molecule has 0 heterocycles. The monoisotopic (exact) mass is 256 g/mol. The Morgan fingerprint density at radius 1 is 1.05 bits per heavy atom. The van der Waals surface area contributed by atoms with E-state index in [0.717, 1.165) is 24.4 Å². The van der Waals surface area contributed by atoms with E-state index in [1.807, 2.05) is 31.3 Å². The molecule has 2 N–H and O–H groups in total. The van der Waals surface area contributed by atoms with Gasteiger partial charge in [0, 0.05) is 13.6 Å². The molecule has 100 valence electrons. The Hall–Kier alpha value is -2.16. The highest BCUT2D eigenvalue weighted by Gasteiger charge is 2.09. The number of para-hydroxylation sites is 1. The van der Waals surface area contributed by atoms with Crippen molar-refractivity contribution in [1.29, 1.82) is 0 Å². The van der Waals surface area contributed by atoms with Crippen molar-refractivity contribution in [1.82, 2.24) is 0 Å². The number of likely N-dealkylation sites (N-methyl/N-ethyl adjacent to an activating group) is 1. The second kappa shape index (κ2) is 6.14. The van der Waals surface area contributed by atoms with Crippen molar-refractivity contribution in [2.75, 3.05) is 31.3 Å². The van der Waals surface area contributed by atoms with Crippen LogP contribution < -0.4 is 15.4 Å². The zero-order valence-corrected chi connectivity index (χ0v) is 11.5. The van der Waals surface area contributed by atoms with Gasteiger partial charge in [0.05, 0.1) is 18.5 Å². The van der Waals surface area contributed by atoms with E-state index in [9.17, 15) is 0 Å². The maximum Gasteiger partial charge on any atom is 0.143 e. The molecule has 0 aliphatic rings. The molecule has 0 fully saturated rings. The highest BCUT2D eigenvalue weighted by atomic mass is 16.5. The largest absolute Gasteiger partial charge is 0.495 e. The van der Waals surface area contributed by atoms with Gasteiger partial charge in [0.15, 0.2) is 0 Å². The van der Waals surface area contributed by atoms with Gasteiger partial charge in [0.2, 0.25) is 0 Å². The van der Waals surface area contributed by atoms with Gasteiger partial charge in [-0.1, -0.05) is 36.4 Å². The fourth-order valence-electron chi connectivity index (χ4n) is 2.11. The number of nitrogens with two attached hydrogens (primary N) is 1. The van der Waals surface area contributed by atoms with Crippen LogP contribution in [0.3, 0.4) is 0 Å². The molecule has 0 amide bonds. The van der Waals surface area contributed by atoms with E-state index in [-0.39, 0.29) is 0 Å². The Morgan fingerprint density at radius 2 is 1.79 bits per heavy atom. The van der Waals surface area contributed by atoms with Gasteiger partial charge in [-0.2, -0.15) is 0 Å². The number of nitrogens with zero attached hydrogens (tertiary/aromatic N) is 1. The number of rotatable bonds is 5. The van der Waals surface area contributed by atoms with Crippen LogP contribution in [0.25, 0.3) is 0 Å². The fourth-order valence-corrected chi connectivity index (χ4v) is 2.11. The van der Waals surface area contributed by atoms with Crippen LogP contribution in [0.2, 0.25) is 0 Å². The molecule has 0 aliphatic heterocycles. The van der Waals surface area contributed by atoms with Crippen molar-refractivity contribution in [3.8, 4) is 5.75 Å². The number of hydrogen-bond acceptors (Lipinski definition) is 3. The third kappa shape index (κ3) is 3.19. The summed E-state index contributed by atoms with van der Waals surface area (Å²) < 4.78 is 5.25. The lowest BCUT2D eigenvalue weighted by Gasteiger charge is -2.22. The van der Waals surface area contributed by atoms with E-state index < -0.39 is 0 Å². The standard InChI is InChI=1S/C16H20N2O/c1-18(12-11-13-7-4-3-5-8-13)14-9-6-10-15(19-2)16(14)17/h3-10H,11-12,17H2,1-2H3. The van der Waals surface area contributed by atoms with E-state index in [2.05, 4.69) is 29.2 Å². The maximum absolute atomic E-state index is 6.10. The summed E-state index contributed by atoms with van der Waals surface area (Å²) in [5.41, 5.74) is 9.13. The lowest BCUT2D eigenvalue weighted by molar-refractivity contribution is 0.417. The zero-order chi connectivity index (χ0) is 13.7. The summed E-state index contributed by atoms with van der Waals surface area (Å²) in [5.74, 6) is 0.726. The molecule has 0 aromatic heterocycles. The number of nitrogen functional groups attached to an aromatic ring is 1. The topological polar surface area (TPSA) is 38.5 Å². The minimum absolute atomic E-state index is 0.695. The first-order valence-corrected chi connectivity index (χ1v) is 6.40. The van der Waals surface area contributed by atoms with Gasteiger partial charge in [-0.15, -0.1) is 0 Å². The van der Waals surface area contributed by atoms with Crippen LogP contribution in [0.15, 0.2) is 48.5 Å². The number of benzene rings is 2. The Morgan fingerprint density at radius 3 is 2.47 bits per heavy atom. The highest BCUT2D eigenvalue weighted by Crippen LogP contribution is 2.31. The van der Waals surface area contributed by atoms with Crippen molar-refractivity contribution in [2.45, 2.75) is 6.42 Å². The summed E-state index contributed by atoms with van der Waals surface area (Å²) in [5, 5.41) is 0. The van der Waals surface area contributed by atoms with Crippen molar-refractivity contribution in [3.05, 3.63) is 54.1 Å². The minimum Gasteiger partial charge on any atom is -0.495 e. The molecule has 3 nitrogen and oxygen atoms in total. The normalized spacial score (nSPS) is 10.2. The lowest BCUT2D eigenvalue weighted by atomic mass is 10.1. The van der Waals surface area contributed by atoms with Crippen LogP contribution >= 0.6 is 0 Å². The van der Waals surface area contributed by atoms with Crippen molar-refractivity contribution >= 4 is 11.4 Å². The Bertz CT molecular complexity index is 526. The number of hydrogen-bond donors (Lipinski definition) is 1. The molecule has 0 radical (unpaired) electrons. The van der Waals surface area contributed by atoms with Crippen molar-refractivity contribution < 1.29 is 4.74 Å². The summed E-state index contributed by atoms with van der Waals surface area (Å²) >= 11 is 0. The molecule has 2 aromatic carbocycles. The molecule has 0 aliphatic carbocycles. The summed E-state index contributed by atoms with van der Waals surface area (Å²) in [6.07, 6.45) is 0.994. The molecule has 3 heteroatoms. The van der Waals surface area contributed by atoms with E-state index in [1.165, 1.54) is 5.56 Å². The Labute approximate surface area is 114 Å². The van der Waals surface area contributed by atoms with E-state index in [4.69, 9.17) is 10.5 Å². The molecule has 2 aromatic rings. The highest BCUT2D eigenvalue weighted by molar-refractivity contribution is 5.73. The third-order valence-electron chi connectivity index (χ3n) is 3.25. The Kier molecular flexibility index (Phi) is 4.29. The number of methoxy groups -OCH3 is 1. The van der Waals surface area contributed by atoms with Gasteiger partial charge < -0.3 is 15.4 Å². The summed E-state index contributed by atoms with van der Waals surface area (Å²) in [6.45, 7) is 0.918. The zero-order valence-electron chi connectivity index (χ0n) is 11.5. The molecule has 0 spiro atoms. The predicted octanol–water partition coefficient (Wildman–Crippen LogP) is 2.96. The van der Waals surface area contributed by atoms with Crippen LogP contribution in [-0.4, -0.2) is 20.7 Å². The maximum atomic E-state index is 6.10. The molecule has 0 saturated carbocycles. The van der Waals surface area contributed by atoms with Crippen LogP contribution in [-0.2, 0) is 6.42 Å². The average Bonchev–Trinajstić information content (AvgIpc) is 2.46. The Balaban J connectivity index is 2.06. The molecule has 0 unspecified atom stereocenters. The number of ether oxygens (including phenoxy) is 1. The van der Waals surface area contributed by atoms with E-state index in [0.29, 0.717) is 5.69 Å². The third-order valence-corrected chi connectivity index (χ3v) is 3.25. The predicted molar refractivity (Wildman–Crippen MR) is 80.8 cm³/mol. The molecule has 0 saturated heterocycles. The first-order valence-electron chi connectivity index (χ1n) is 6.40. The van der Waals surface area contributed by atoms with Crippen LogP contribution in [0.4, 0.5) is 11.4 Å². The summed E-state index contributed by atoms with van der Waals surface area (Å²) in [6, 6.07) is 16.3. The SMILES string of the molecule is COc1cccc(N(C)CCc2ccccc2)c1N. The van der Waals surface area contributed by atoms with Gasteiger partial charge in [0.1, 0.15) is 5.75 Å². The second-order valence-electron chi connectivity index (χ2n) is 4.55. The quantitative estimate of drug-likeness (QED) is 0.836. The molecule has 19 heavy (non-hydrogen) atoms. The fraction of sp³-hybridized carbons (Fsp3) is 0.250. The van der Waals surface area contributed by atoms with Gasteiger partial charge in [-0.05, 0) is 24.1 Å². The molecule has 0 atom stereocenters. The van der Waals surface area contributed by atoms with Gasteiger partial charge in [-0.25, -0.2) is 0 Å². The second-order valence-corrected chi connectivity index (χ2v) is 4.55. The van der Waals surface area contributed by atoms with Gasteiger partial charge >= 0.3 is 0 Å². The number of anilines is 2.